The number of ether oxygens (including phenoxy) is 1. The van der Waals surface area contributed by atoms with Gasteiger partial charge in [-0.25, -0.2) is 0 Å². The van der Waals surface area contributed by atoms with Crippen molar-refractivity contribution in [2.24, 2.45) is 0 Å². The van der Waals surface area contributed by atoms with E-state index in [-0.39, 0.29) is 24.5 Å². The van der Waals surface area contributed by atoms with Gasteiger partial charge in [0.25, 0.3) is 0 Å². The van der Waals surface area contributed by atoms with Crippen LogP contribution in [-0.4, -0.2) is 32.9 Å². The van der Waals surface area contributed by atoms with E-state index in [0.717, 1.165) is 16.9 Å². The maximum Gasteiger partial charge on any atom is 0.224 e. The number of benzene rings is 2. The first-order valence-corrected chi connectivity index (χ1v) is 8.16. The molecule has 25 heavy (non-hydrogen) atoms. The standard InChI is InChI=1S/C20H24N2O3/c1-14-8-10-19(25-4)17(12-14)18(23)9-11-20(24)21-15-6-5-7-16(13-15)22(2)3/h5-8,10,12-13H,9,11H2,1-4H3,(H,21,24). The first kappa shape index (κ1) is 18.5. The number of hydrogen-bond acceptors (Lipinski definition) is 4. The lowest BCUT2D eigenvalue weighted by atomic mass is 10.0. The number of nitrogens with one attached hydrogen (secondary N) is 1. The van der Waals surface area contributed by atoms with E-state index in [0.29, 0.717) is 11.3 Å². The fraction of sp³-hybridized carbons (Fsp3) is 0.300. The highest BCUT2D eigenvalue weighted by Crippen LogP contribution is 2.22. The van der Waals surface area contributed by atoms with Crippen molar-refractivity contribution in [3.05, 3.63) is 53.6 Å². The quantitative estimate of drug-likeness (QED) is 0.781. The minimum atomic E-state index is -0.184. The molecule has 0 aliphatic heterocycles. The third-order valence-electron chi connectivity index (χ3n) is 3.88. The molecule has 1 N–H and O–H groups in total. The van der Waals surface area contributed by atoms with Gasteiger partial charge in [-0.3, -0.25) is 9.59 Å². The third kappa shape index (κ3) is 5.08. The minimum Gasteiger partial charge on any atom is -0.496 e. The summed E-state index contributed by atoms with van der Waals surface area (Å²) in [6.07, 6.45) is 0.265. The Morgan fingerprint density at radius 1 is 1.08 bits per heavy atom. The Morgan fingerprint density at radius 3 is 2.52 bits per heavy atom. The molecule has 0 unspecified atom stereocenters. The highest BCUT2D eigenvalue weighted by Gasteiger charge is 2.14. The Hall–Kier alpha value is -2.82. The fourth-order valence-electron chi connectivity index (χ4n) is 2.49. The number of ketones is 1. The van der Waals surface area contributed by atoms with E-state index in [4.69, 9.17) is 4.74 Å². The van der Waals surface area contributed by atoms with E-state index in [1.807, 2.05) is 56.3 Å². The summed E-state index contributed by atoms with van der Waals surface area (Å²) in [5.41, 5.74) is 3.22. The number of anilines is 2. The van der Waals surface area contributed by atoms with Crippen molar-refractivity contribution in [1.29, 1.82) is 0 Å². The summed E-state index contributed by atoms with van der Waals surface area (Å²) < 4.78 is 5.23. The highest BCUT2D eigenvalue weighted by molar-refractivity contribution is 6.02. The van der Waals surface area contributed by atoms with Gasteiger partial charge in [0.05, 0.1) is 12.7 Å². The van der Waals surface area contributed by atoms with Crippen molar-refractivity contribution in [2.45, 2.75) is 19.8 Å². The molecule has 0 radical (unpaired) electrons. The van der Waals surface area contributed by atoms with Crippen molar-refractivity contribution in [1.82, 2.24) is 0 Å². The molecule has 0 bridgehead atoms. The predicted molar refractivity (Wildman–Crippen MR) is 101 cm³/mol. The van der Waals surface area contributed by atoms with Gasteiger partial charge in [0, 0.05) is 38.3 Å². The van der Waals surface area contributed by atoms with Crippen molar-refractivity contribution in [2.75, 3.05) is 31.4 Å². The summed E-state index contributed by atoms with van der Waals surface area (Å²) in [4.78, 5) is 26.5. The molecule has 0 fully saturated rings. The molecule has 0 aliphatic rings. The van der Waals surface area contributed by atoms with Crippen LogP contribution in [0.2, 0.25) is 0 Å². The number of carbonyl (C=O) groups is 2. The maximum absolute atomic E-state index is 12.4. The minimum absolute atomic E-state index is 0.0993. The van der Waals surface area contributed by atoms with Gasteiger partial charge in [0.2, 0.25) is 5.91 Å². The summed E-state index contributed by atoms with van der Waals surface area (Å²) in [6, 6.07) is 13.0. The second-order valence-electron chi connectivity index (χ2n) is 6.12. The largest absolute Gasteiger partial charge is 0.496 e. The van der Waals surface area contributed by atoms with Crippen LogP contribution < -0.4 is 15.0 Å². The van der Waals surface area contributed by atoms with Gasteiger partial charge in [0.15, 0.2) is 5.78 Å². The van der Waals surface area contributed by atoms with Crippen LogP contribution >= 0.6 is 0 Å². The van der Waals surface area contributed by atoms with Gasteiger partial charge in [-0.2, -0.15) is 0 Å². The molecule has 0 atom stereocenters. The van der Waals surface area contributed by atoms with Crippen LogP contribution in [0.1, 0.15) is 28.8 Å². The van der Waals surface area contributed by atoms with Crippen LogP contribution in [0.25, 0.3) is 0 Å². The van der Waals surface area contributed by atoms with Crippen LogP contribution in [0, 0.1) is 6.92 Å². The van der Waals surface area contributed by atoms with Gasteiger partial charge >= 0.3 is 0 Å². The Kier molecular flexibility index (Phi) is 6.17. The molecule has 1 amide bonds. The zero-order valence-corrected chi connectivity index (χ0v) is 15.1. The highest BCUT2D eigenvalue weighted by atomic mass is 16.5. The number of nitrogens with zero attached hydrogens (tertiary/aromatic N) is 1. The average molecular weight is 340 g/mol. The van der Waals surface area contributed by atoms with E-state index < -0.39 is 0 Å². The van der Waals surface area contributed by atoms with E-state index in [2.05, 4.69) is 5.32 Å². The molecule has 0 aliphatic carbocycles. The van der Waals surface area contributed by atoms with Crippen LogP contribution in [0.5, 0.6) is 5.75 Å². The second kappa shape index (κ2) is 8.33. The van der Waals surface area contributed by atoms with Crippen LogP contribution in [-0.2, 0) is 4.79 Å². The Balaban J connectivity index is 1.97. The van der Waals surface area contributed by atoms with Crippen LogP contribution in [0.3, 0.4) is 0 Å². The van der Waals surface area contributed by atoms with Crippen LogP contribution in [0.4, 0.5) is 11.4 Å². The van der Waals surface area contributed by atoms with Crippen molar-refractivity contribution >= 4 is 23.1 Å². The molecule has 0 saturated carbocycles. The normalized spacial score (nSPS) is 10.2. The molecule has 5 heteroatoms. The zero-order valence-electron chi connectivity index (χ0n) is 15.1. The maximum atomic E-state index is 12.4. The lowest BCUT2D eigenvalue weighted by Gasteiger charge is -2.14. The van der Waals surface area contributed by atoms with Crippen molar-refractivity contribution in [3.63, 3.8) is 0 Å². The van der Waals surface area contributed by atoms with E-state index in [1.165, 1.54) is 7.11 Å². The molecular formula is C20H24N2O3. The molecule has 0 saturated heterocycles. The molecule has 0 aromatic heterocycles. The lowest BCUT2D eigenvalue weighted by Crippen LogP contribution is -2.15. The van der Waals surface area contributed by atoms with Crippen molar-refractivity contribution in [3.8, 4) is 5.75 Å². The van der Waals surface area contributed by atoms with Gasteiger partial charge in [-0.1, -0.05) is 17.7 Å². The van der Waals surface area contributed by atoms with E-state index in [9.17, 15) is 9.59 Å². The first-order chi connectivity index (χ1) is 11.9. The first-order valence-electron chi connectivity index (χ1n) is 8.16. The summed E-state index contributed by atoms with van der Waals surface area (Å²) in [6.45, 7) is 1.92. The summed E-state index contributed by atoms with van der Waals surface area (Å²) in [5, 5.41) is 2.83. The lowest BCUT2D eigenvalue weighted by molar-refractivity contribution is -0.116. The predicted octanol–water partition coefficient (Wildman–Crippen LogP) is 3.67. The summed E-state index contributed by atoms with van der Waals surface area (Å²) >= 11 is 0. The molecule has 0 heterocycles. The topological polar surface area (TPSA) is 58.6 Å². The van der Waals surface area contributed by atoms with Gasteiger partial charge in [0.1, 0.15) is 5.75 Å². The van der Waals surface area contributed by atoms with Gasteiger partial charge in [-0.05, 0) is 37.3 Å². The molecule has 132 valence electrons. The van der Waals surface area contributed by atoms with Gasteiger partial charge in [-0.15, -0.1) is 0 Å². The van der Waals surface area contributed by atoms with E-state index in [1.54, 1.807) is 12.1 Å². The Labute approximate surface area is 148 Å². The molecule has 2 aromatic carbocycles. The third-order valence-corrected chi connectivity index (χ3v) is 3.88. The number of methoxy groups -OCH3 is 1. The Bertz CT molecular complexity index is 769. The summed E-state index contributed by atoms with van der Waals surface area (Å²) in [7, 11) is 5.41. The number of amides is 1. The molecule has 2 aromatic rings. The molecule has 0 spiro atoms. The summed E-state index contributed by atoms with van der Waals surface area (Å²) in [5.74, 6) is 0.253. The number of carbonyl (C=O) groups excluding carboxylic acids is 2. The zero-order chi connectivity index (χ0) is 18.4. The Morgan fingerprint density at radius 2 is 1.84 bits per heavy atom. The average Bonchev–Trinajstić information content (AvgIpc) is 2.59. The molecule has 5 nitrogen and oxygen atoms in total. The number of rotatable bonds is 7. The number of aryl methyl sites for hydroxylation is 1. The van der Waals surface area contributed by atoms with Crippen LogP contribution in [0.15, 0.2) is 42.5 Å². The smallest absolute Gasteiger partial charge is 0.224 e. The van der Waals surface area contributed by atoms with Crippen molar-refractivity contribution < 1.29 is 14.3 Å². The van der Waals surface area contributed by atoms with E-state index >= 15 is 0 Å². The second-order valence-corrected chi connectivity index (χ2v) is 6.12. The number of hydrogen-bond donors (Lipinski definition) is 1. The SMILES string of the molecule is COc1ccc(C)cc1C(=O)CCC(=O)Nc1cccc(N(C)C)c1. The number of Topliss-reactive ketones (excluding diaryl/α,β-unsaturated/α-hetero) is 1. The van der Waals surface area contributed by atoms with Gasteiger partial charge < -0.3 is 15.0 Å². The molecular weight excluding hydrogens is 316 g/mol. The fourth-order valence-corrected chi connectivity index (χ4v) is 2.49. The monoisotopic (exact) mass is 340 g/mol. The molecule has 2 rings (SSSR count).